The van der Waals surface area contributed by atoms with Crippen LogP contribution in [0.4, 0.5) is 46.5 Å². The van der Waals surface area contributed by atoms with Gasteiger partial charge in [0, 0.05) is 33.4 Å². The Labute approximate surface area is 233 Å². The maximum atomic E-state index is 15.4. The first-order valence-electron chi connectivity index (χ1n) is 10.9. The van der Waals surface area contributed by atoms with Gasteiger partial charge >= 0.3 is 18.0 Å². The number of carbonyl (C=O) groups is 2. The fourth-order valence-electron chi connectivity index (χ4n) is 3.60. The van der Waals surface area contributed by atoms with Crippen LogP contribution < -0.4 is 14.9 Å². The third-order valence-electron chi connectivity index (χ3n) is 5.60. The minimum Gasteiger partial charge on any atom is -0.320 e. The number of nitrogens with one attached hydrogen (secondary N) is 1. The van der Waals surface area contributed by atoms with Crippen molar-refractivity contribution in [3.8, 4) is 0 Å². The summed E-state index contributed by atoms with van der Waals surface area (Å²) < 4.78 is 109. The van der Waals surface area contributed by atoms with Crippen LogP contribution in [0, 0.1) is 5.82 Å². The minimum atomic E-state index is -6.40. The Morgan fingerprint density at radius 3 is 2.10 bits per heavy atom. The lowest BCUT2D eigenvalue weighted by Crippen LogP contribution is -2.50. The highest BCUT2D eigenvalue weighted by atomic mass is 79.9. The summed E-state index contributed by atoms with van der Waals surface area (Å²) in [7, 11) is 0. The lowest BCUT2D eigenvalue weighted by atomic mass is 9.94. The van der Waals surface area contributed by atoms with E-state index in [4.69, 9.17) is 11.6 Å². The maximum Gasteiger partial charge on any atom is 0.435 e. The van der Waals surface area contributed by atoms with Gasteiger partial charge in [0.25, 0.3) is 11.8 Å². The van der Waals surface area contributed by atoms with Crippen molar-refractivity contribution in [3.05, 3.63) is 86.9 Å². The van der Waals surface area contributed by atoms with Gasteiger partial charge in [-0.25, -0.2) is 8.78 Å². The summed E-state index contributed by atoms with van der Waals surface area (Å²) in [6.45, 7) is 1.46. The summed E-state index contributed by atoms with van der Waals surface area (Å²) in [6, 6.07) is 6.11. The molecule has 6 nitrogen and oxygen atoms in total. The van der Waals surface area contributed by atoms with Crippen molar-refractivity contribution in [3.63, 3.8) is 0 Å². The van der Waals surface area contributed by atoms with Gasteiger partial charge in [-0.2, -0.15) is 26.3 Å². The molecule has 214 valence electrons. The van der Waals surface area contributed by atoms with E-state index in [-0.39, 0.29) is 29.9 Å². The molecule has 0 aliphatic rings. The number of aromatic nitrogens is 1. The van der Waals surface area contributed by atoms with Crippen LogP contribution in [0.5, 0.6) is 0 Å². The van der Waals surface area contributed by atoms with Crippen LogP contribution in [0.1, 0.15) is 33.2 Å². The molecule has 2 aromatic carbocycles. The molecule has 2 amide bonds. The number of anilines is 2. The predicted molar refractivity (Wildman–Crippen MR) is 130 cm³/mol. The van der Waals surface area contributed by atoms with Gasteiger partial charge in [-0.05, 0) is 47.1 Å². The van der Waals surface area contributed by atoms with Crippen molar-refractivity contribution in [2.75, 3.05) is 16.8 Å². The molecule has 40 heavy (non-hydrogen) atoms. The number of amides is 2. The van der Waals surface area contributed by atoms with E-state index >= 15 is 4.39 Å². The third kappa shape index (κ3) is 5.70. The largest absolute Gasteiger partial charge is 0.435 e. The highest BCUT2D eigenvalue weighted by Gasteiger charge is 2.73. The van der Waals surface area contributed by atoms with Crippen LogP contribution in [-0.4, -0.2) is 35.9 Å². The smallest absolute Gasteiger partial charge is 0.320 e. The molecule has 0 spiro atoms. The van der Waals surface area contributed by atoms with Gasteiger partial charge in [-0.15, -0.1) is 0 Å². The first-order valence-corrected chi connectivity index (χ1v) is 12.0. The molecule has 0 bridgehead atoms. The highest BCUT2D eigenvalue weighted by molar-refractivity contribution is 9.10. The van der Waals surface area contributed by atoms with Gasteiger partial charge < -0.3 is 10.2 Å². The normalized spacial score (nSPS) is 12.3. The number of alkyl halides is 7. The molecule has 0 radical (unpaired) electrons. The summed E-state index contributed by atoms with van der Waals surface area (Å²) in [5.41, 5.74) is -9.18. The molecular formula is C24H16BrClF8N3O3+. The average molecular weight is 662 g/mol. The molecule has 0 unspecified atom stereocenters. The summed E-state index contributed by atoms with van der Waals surface area (Å²) in [6.07, 6.45) is -10.5. The van der Waals surface area contributed by atoms with Crippen molar-refractivity contribution in [2.45, 2.75) is 24.9 Å². The van der Waals surface area contributed by atoms with E-state index in [1.165, 1.54) is 31.2 Å². The standard InChI is InChI=1S/C24H15BrClF8N3O3/c1-2-37(21(39)12-6-8-36(40)9-7-12)17-5-3-4-14(18(17)27)20(38)35-19-15(25)10-13(11-16(19)26)22(28,23(29,30)31)24(32,33)34/h3-11H,2H2,1H3,(H-,35,38,39,40)/p+1. The molecule has 16 heteroatoms. The molecule has 1 aromatic heterocycles. The maximum absolute atomic E-state index is 15.4. The summed E-state index contributed by atoms with van der Waals surface area (Å²) >= 11 is 8.50. The minimum absolute atomic E-state index is 0.0448. The lowest BCUT2D eigenvalue weighted by Gasteiger charge is -2.30. The lowest BCUT2D eigenvalue weighted by molar-refractivity contribution is -0.904. The Bertz CT molecular complexity index is 1410. The number of halogens is 10. The van der Waals surface area contributed by atoms with E-state index in [9.17, 15) is 45.5 Å². The molecule has 0 saturated heterocycles. The molecule has 2 N–H and O–H groups in total. The topological polar surface area (TPSA) is 73.5 Å². The van der Waals surface area contributed by atoms with Crippen LogP contribution in [-0.2, 0) is 5.67 Å². The van der Waals surface area contributed by atoms with Crippen molar-refractivity contribution in [1.82, 2.24) is 0 Å². The van der Waals surface area contributed by atoms with Crippen LogP contribution >= 0.6 is 27.5 Å². The molecule has 3 aromatic rings. The van der Waals surface area contributed by atoms with E-state index in [1.54, 1.807) is 0 Å². The number of pyridine rings is 1. The Kier molecular flexibility index (Phi) is 8.70. The molecule has 1 heterocycles. The van der Waals surface area contributed by atoms with Crippen molar-refractivity contribution < 1.29 is 54.7 Å². The zero-order valence-corrected chi connectivity index (χ0v) is 22.2. The number of carbonyl (C=O) groups excluding carboxylic acids is 2. The van der Waals surface area contributed by atoms with Gasteiger partial charge in [-0.3, -0.25) is 14.8 Å². The number of benzene rings is 2. The van der Waals surface area contributed by atoms with Gasteiger partial charge in [0.2, 0.25) is 12.4 Å². The number of nitrogens with zero attached hydrogens (tertiary/aromatic N) is 2. The van der Waals surface area contributed by atoms with Crippen molar-refractivity contribution in [1.29, 1.82) is 0 Å². The van der Waals surface area contributed by atoms with Crippen LogP contribution in [0.15, 0.2) is 59.3 Å². The zero-order chi connectivity index (χ0) is 30.2. The van der Waals surface area contributed by atoms with E-state index < -0.39 is 62.0 Å². The van der Waals surface area contributed by atoms with Gasteiger partial charge in [-0.1, -0.05) is 17.7 Å². The van der Waals surface area contributed by atoms with E-state index in [0.717, 1.165) is 23.4 Å². The third-order valence-corrected chi connectivity index (χ3v) is 6.52. The van der Waals surface area contributed by atoms with Gasteiger partial charge in [0.15, 0.2) is 5.82 Å². The number of hydrogen-bond acceptors (Lipinski definition) is 3. The average Bonchev–Trinajstić information content (AvgIpc) is 2.85. The summed E-state index contributed by atoms with van der Waals surface area (Å²) in [5, 5.41) is 10.5. The fraction of sp³-hybridized carbons (Fsp3) is 0.208. The molecule has 0 fully saturated rings. The summed E-state index contributed by atoms with van der Waals surface area (Å²) in [5.74, 6) is -3.12. The highest BCUT2D eigenvalue weighted by Crippen LogP contribution is 2.54. The predicted octanol–water partition coefficient (Wildman–Crippen LogP) is 6.97. The van der Waals surface area contributed by atoms with Gasteiger partial charge in [0.1, 0.15) is 0 Å². The molecule has 0 aliphatic carbocycles. The summed E-state index contributed by atoms with van der Waals surface area (Å²) in [4.78, 5) is 26.8. The molecule has 0 saturated carbocycles. The van der Waals surface area contributed by atoms with E-state index in [0.29, 0.717) is 4.73 Å². The number of hydrogen-bond donors (Lipinski definition) is 2. The molecule has 0 atom stereocenters. The Morgan fingerprint density at radius 2 is 1.60 bits per heavy atom. The number of rotatable bonds is 6. The van der Waals surface area contributed by atoms with Crippen molar-refractivity contribution >= 4 is 50.7 Å². The second-order valence-corrected chi connectivity index (χ2v) is 9.34. The van der Waals surface area contributed by atoms with Crippen molar-refractivity contribution in [2.24, 2.45) is 0 Å². The second-order valence-electron chi connectivity index (χ2n) is 8.08. The SMILES string of the molecule is CCN(C(=O)c1cc[n+](O)cc1)c1cccc(C(=O)Nc2c(Cl)cc(C(F)(C(F)(F)F)C(F)(F)F)cc2Br)c1F. The Balaban J connectivity index is 1.98. The van der Waals surface area contributed by atoms with E-state index in [2.05, 4.69) is 21.2 Å². The van der Waals surface area contributed by atoms with E-state index in [1.807, 2.05) is 0 Å². The Morgan fingerprint density at radius 1 is 1.02 bits per heavy atom. The first kappa shape index (κ1) is 31.1. The van der Waals surface area contributed by atoms with Crippen LogP contribution in [0.2, 0.25) is 5.02 Å². The monoisotopic (exact) mass is 660 g/mol. The molecule has 3 rings (SSSR count). The fourth-order valence-corrected chi connectivity index (χ4v) is 4.54. The Hall–Kier alpha value is -3.46. The molecule has 0 aliphatic heterocycles. The quantitative estimate of drug-likeness (QED) is 0.170. The first-order chi connectivity index (χ1) is 18.4. The second kappa shape index (κ2) is 11.2. The van der Waals surface area contributed by atoms with Crippen LogP contribution in [0.3, 0.4) is 0 Å². The molecular weight excluding hydrogens is 646 g/mol. The zero-order valence-electron chi connectivity index (χ0n) is 19.8. The van der Waals surface area contributed by atoms with Crippen LogP contribution in [0.25, 0.3) is 0 Å². The van der Waals surface area contributed by atoms with Gasteiger partial charge in [0.05, 0.1) is 27.5 Å².